The van der Waals surface area contributed by atoms with Gasteiger partial charge in [0.25, 0.3) is 0 Å². The van der Waals surface area contributed by atoms with Crippen LogP contribution in [-0.4, -0.2) is 42.0 Å². The van der Waals surface area contributed by atoms with Crippen molar-refractivity contribution in [3.63, 3.8) is 0 Å². The molecule has 3 heteroatoms. The molecule has 1 aromatic heterocycles. The van der Waals surface area contributed by atoms with E-state index in [4.69, 9.17) is 0 Å². The number of rotatable bonds is 4. The van der Waals surface area contributed by atoms with E-state index in [1.165, 1.54) is 84.1 Å². The van der Waals surface area contributed by atoms with E-state index in [2.05, 4.69) is 33.3 Å². The minimum Gasteiger partial charge on any atom is -0.299 e. The van der Waals surface area contributed by atoms with Crippen molar-refractivity contribution < 1.29 is 0 Å². The van der Waals surface area contributed by atoms with Crippen molar-refractivity contribution in [2.75, 3.05) is 26.2 Å². The molecule has 2 saturated heterocycles. The lowest BCUT2D eigenvalue weighted by molar-refractivity contribution is 0.111. The van der Waals surface area contributed by atoms with Crippen molar-refractivity contribution >= 4 is 11.3 Å². The smallest absolute Gasteiger partial charge is 0.0328 e. The summed E-state index contributed by atoms with van der Waals surface area (Å²) in [5.41, 5.74) is 0. The van der Waals surface area contributed by atoms with Crippen LogP contribution in [0.15, 0.2) is 12.1 Å². The summed E-state index contributed by atoms with van der Waals surface area (Å²) in [4.78, 5) is 8.74. The molecule has 0 aromatic carbocycles. The van der Waals surface area contributed by atoms with Gasteiger partial charge in [0, 0.05) is 28.9 Å². The molecule has 1 unspecified atom stereocenters. The molecule has 0 spiro atoms. The first-order valence-electron chi connectivity index (χ1n) is 9.43. The molecular formula is C19H30N2S. The highest BCUT2D eigenvalue weighted by Gasteiger charge is 2.27. The predicted octanol–water partition coefficient (Wildman–Crippen LogP) is 4.47. The molecule has 3 fully saturated rings. The SMILES string of the molecule is c1cc(C2CCCC2)sc1CN1CCCC(N2CCCC2)C1. The van der Waals surface area contributed by atoms with Gasteiger partial charge in [-0.15, -0.1) is 11.3 Å². The Morgan fingerprint density at radius 1 is 0.909 bits per heavy atom. The van der Waals surface area contributed by atoms with Gasteiger partial charge in [0.1, 0.15) is 0 Å². The Labute approximate surface area is 139 Å². The summed E-state index contributed by atoms with van der Waals surface area (Å²) in [6.07, 6.45) is 11.4. The van der Waals surface area contributed by atoms with Crippen LogP contribution in [0.3, 0.4) is 0 Å². The molecule has 4 rings (SSSR count). The maximum Gasteiger partial charge on any atom is 0.0328 e. The van der Waals surface area contributed by atoms with Gasteiger partial charge in [-0.25, -0.2) is 0 Å². The number of hydrogen-bond donors (Lipinski definition) is 0. The third kappa shape index (κ3) is 3.42. The van der Waals surface area contributed by atoms with E-state index in [0.717, 1.165) is 12.0 Å². The van der Waals surface area contributed by atoms with Crippen LogP contribution in [0.2, 0.25) is 0 Å². The van der Waals surface area contributed by atoms with Gasteiger partial charge in [-0.2, -0.15) is 0 Å². The maximum atomic E-state index is 2.75. The Hall–Kier alpha value is -0.380. The standard InChI is InChI=1S/C19H30N2S/c1-2-7-16(6-1)19-10-9-18(22-19)15-20-11-5-8-17(14-20)21-12-3-4-13-21/h9-10,16-17H,1-8,11-15H2. The van der Waals surface area contributed by atoms with Crippen molar-refractivity contribution in [3.8, 4) is 0 Å². The lowest BCUT2D eigenvalue weighted by atomic mass is 10.0. The number of piperidine rings is 1. The average molecular weight is 319 g/mol. The Balaban J connectivity index is 1.34. The zero-order chi connectivity index (χ0) is 14.8. The van der Waals surface area contributed by atoms with Gasteiger partial charge in [0.2, 0.25) is 0 Å². The number of nitrogens with zero attached hydrogens (tertiary/aromatic N) is 2. The van der Waals surface area contributed by atoms with E-state index >= 15 is 0 Å². The molecule has 1 atom stereocenters. The lowest BCUT2D eigenvalue weighted by Crippen LogP contribution is -2.46. The van der Waals surface area contributed by atoms with E-state index in [1.54, 1.807) is 9.75 Å². The monoisotopic (exact) mass is 318 g/mol. The molecule has 0 bridgehead atoms. The summed E-state index contributed by atoms with van der Waals surface area (Å²) in [5.74, 6) is 0.887. The van der Waals surface area contributed by atoms with E-state index in [-0.39, 0.29) is 0 Å². The second-order valence-electron chi connectivity index (χ2n) is 7.56. The Morgan fingerprint density at radius 2 is 1.73 bits per heavy atom. The first kappa shape index (κ1) is 15.2. The minimum atomic E-state index is 0.838. The quantitative estimate of drug-likeness (QED) is 0.808. The Kier molecular flexibility index (Phi) is 4.84. The van der Waals surface area contributed by atoms with Gasteiger partial charge in [-0.3, -0.25) is 9.80 Å². The summed E-state index contributed by atoms with van der Waals surface area (Å²) < 4.78 is 0. The molecule has 0 amide bonds. The van der Waals surface area contributed by atoms with Crippen LogP contribution in [0.1, 0.15) is 67.0 Å². The Morgan fingerprint density at radius 3 is 2.55 bits per heavy atom. The molecule has 2 nitrogen and oxygen atoms in total. The molecule has 0 N–H and O–H groups in total. The fourth-order valence-electron chi connectivity index (χ4n) is 4.71. The molecule has 0 radical (unpaired) electrons. The first-order chi connectivity index (χ1) is 10.9. The summed E-state index contributed by atoms with van der Waals surface area (Å²) in [6, 6.07) is 5.68. The van der Waals surface area contributed by atoms with Gasteiger partial charge in [-0.1, -0.05) is 12.8 Å². The van der Waals surface area contributed by atoms with Crippen molar-refractivity contribution in [3.05, 3.63) is 21.9 Å². The molecule has 2 aliphatic heterocycles. The Bertz CT molecular complexity index is 472. The highest BCUT2D eigenvalue weighted by Crippen LogP contribution is 2.38. The average Bonchev–Trinajstić information content (AvgIpc) is 3.29. The number of hydrogen-bond acceptors (Lipinski definition) is 3. The van der Waals surface area contributed by atoms with E-state index in [1.807, 2.05) is 0 Å². The van der Waals surface area contributed by atoms with Gasteiger partial charge < -0.3 is 0 Å². The zero-order valence-electron chi connectivity index (χ0n) is 13.8. The van der Waals surface area contributed by atoms with Crippen molar-refractivity contribution in [1.29, 1.82) is 0 Å². The van der Waals surface area contributed by atoms with Gasteiger partial charge >= 0.3 is 0 Å². The fourth-order valence-corrected chi connectivity index (χ4v) is 5.93. The predicted molar refractivity (Wildman–Crippen MR) is 94.6 cm³/mol. The second-order valence-corrected chi connectivity index (χ2v) is 8.76. The van der Waals surface area contributed by atoms with E-state index in [9.17, 15) is 0 Å². The highest BCUT2D eigenvalue weighted by atomic mass is 32.1. The summed E-state index contributed by atoms with van der Waals surface area (Å²) in [5, 5.41) is 0. The largest absolute Gasteiger partial charge is 0.299 e. The van der Waals surface area contributed by atoms with E-state index < -0.39 is 0 Å². The minimum absolute atomic E-state index is 0.838. The maximum absolute atomic E-state index is 2.75. The van der Waals surface area contributed by atoms with Gasteiger partial charge in [0.05, 0.1) is 0 Å². The van der Waals surface area contributed by atoms with Crippen LogP contribution in [0, 0.1) is 0 Å². The van der Waals surface area contributed by atoms with Crippen LogP contribution in [0.5, 0.6) is 0 Å². The first-order valence-corrected chi connectivity index (χ1v) is 10.2. The molecule has 1 aromatic rings. The number of thiophene rings is 1. The third-order valence-electron chi connectivity index (χ3n) is 5.96. The molecular weight excluding hydrogens is 288 g/mol. The molecule has 3 aliphatic rings. The van der Waals surface area contributed by atoms with Gasteiger partial charge in [-0.05, 0) is 76.2 Å². The summed E-state index contributed by atoms with van der Waals surface area (Å²) in [7, 11) is 0. The normalized spacial score (nSPS) is 28.6. The summed E-state index contributed by atoms with van der Waals surface area (Å²) in [6.45, 7) is 6.51. The highest BCUT2D eigenvalue weighted by molar-refractivity contribution is 7.12. The molecule has 1 saturated carbocycles. The van der Waals surface area contributed by atoms with Crippen LogP contribution in [-0.2, 0) is 6.54 Å². The number of likely N-dealkylation sites (tertiary alicyclic amines) is 2. The molecule has 3 heterocycles. The van der Waals surface area contributed by atoms with Crippen LogP contribution in [0.25, 0.3) is 0 Å². The van der Waals surface area contributed by atoms with Crippen molar-refractivity contribution in [1.82, 2.24) is 9.80 Å². The van der Waals surface area contributed by atoms with Crippen LogP contribution in [0.4, 0.5) is 0 Å². The second kappa shape index (κ2) is 7.02. The fraction of sp³-hybridized carbons (Fsp3) is 0.789. The summed E-state index contributed by atoms with van der Waals surface area (Å²) >= 11 is 2.10. The molecule has 22 heavy (non-hydrogen) atoms. The van der Waals surface area contributed by atoms with Crippen LogP contribution >= 0.6 is 11.3 Å². The van der Waals surface area contributed by atoms with Crippen LogP contribution < -0.4 is 0 Å². The molecule has 1 aliphatic carbocycles. The van der Waals surface area contributed by atoms with Crippen molar-refractivity contribution in [2.24, 2.45) is 0 Å². The van der Waals surface area contributed by atoms with Gasteiger partial charge in [0.15, 0.2) is 0 Å². The lowest BCUT2D eigenvalue weighted by Gasteiger charge is -2.37. The topological polar surface area (TPSA) is 6.48 Å². The van der Waals surface area contributed by atoms with Crippen molar-refractivity contribution in [2.45, 2.75) is 69.9 Å². The zero-order valence-corrected chi connectivity index (χ0v) is 14.6. The van der Waals surface area contributed by atoms with E-state index in [0.29, 0.717) is 0 Å². The molecule has 122 valence electrons. The third-order valence-corrected chi connectivity index (χ3v) is 7.19.